The van der Waals surface area contributed by atoms with Crippen LogP contribution in [0.1, 0.15) is 80.0 Å². The number of hydrogen-bond acceptors (Lipinski definition) is 6. The number of aliphatic imine (C=N–C) groups is 1. The van der Waals surface area contributed by atoms with Crippen LogP contribution in [0.3, 0.4) is 0 Å². The molecule has 3 aromatic carbocycles. The summed E-state index contributed by atoms with van der Waals surface area (Å²) in [5.41, 5.74) is 1.72. The molecule has 208 valence electrons. The maximum absolute atomic E-state index is 13.3. The van der Waals surface area contributed by atoms with Crippen LogP contribution < -0.4 is 4.74 Å². The lowest BCUT2D eigenvalue weighted by Crippen LogP contribution is -2.39. The number of rotatable bonds is 12. The Balaban J connectivity index is 1.43. The van der Waals surface area contributed by atoms with E-state index in [0.717, 1.165) is 36.2 Å². The molecule has 1 unspecified atom stereocenters. The summed E-state index contributed by atoms with van der Waals surface area (Å²) in [6, 6.07) is 23.2. The second kappa shape index (κ2) is 12.7. The van der Waals surface area contributed by atoms with Crippen LogP contribution in [0.4, 0.5) is 0 Å². The molecule has 40 heavy (non-hydrogen) atoms. The number of esters is 1. The van der Waals surface area contributed by atoms with E-state index in [2.05, 4.69) is 6.92 Å². The Bertz CT molecular complexity index is 1360. The van der Waals surface area contributed by atoms with Gasteiger partial charge in [0.05, 0.1) is 13.2 Å². The van der Waals surface area contributed by atoms with E-state index in [0.29, 0.717) is 23.4 Å². The highest BCUT2D eigenvalue weighted by Gasteiger charge is 2.35. The molecule has 0 fully saturated rings. The van der Waals surface area contributed by atoms with Gasteiger partial charge in [0.15, 0.2) is 17.4 Å². The van der Waals surface area contributed by atoms with Gasteiger partial charge in [0, 0.05) is 17.5 Å². The van der Waals surface area contributed by atoms with Crippen molar-refractivity contribution in [3.8, 4) is 5.75 Å². The van der Waals surface area contributed by atoms with E-state index >= 15 is 0 Å². The molecule has 0 radical (unpaired) electrons. The van der Waals surface area contributed by atoms with Crippen LogP contribution in [0.25, 0.3) is 0 Å². The first-order valence-corrected chi connectivity index (χ1v) is 13.8. The monoisotopic (exact) mass is 540 g/mol. The maximum atomic E-state index is 13.3. The predicted molar refractivity (Wildman–Crippen MR) is 154 cm³/mol. The fraction of sp³-hybridized carbons (Fsp3) is 0.333. The summed E-state index contributed by atoms with van der Waals surface area (Å²) in [5, 5.41) is 0. The molecule has 0 saturated carbocycles. The summed E-state index contributed by atoms with van der Waals surface area (Å²) in [5.74, 6) is 0.675. The fourth-order valence-corrected chi connectivity index (χ4v) is 4.53. The number of carbonyl (C=O) groups is 3. The zero-order valence-electron chi connectivity index (χ0n) is 23.6. The molecule has 7 heteroatoms. The quantitative estimate of drug-likeness (QED) is 0.199. The smallest absolute Gasteiger partial charge is 0.349 e. The summed E-state index contributed by atoms with van der Waals surface area (Å²) < 4.78 is 10.8. The van der Waals surface area contributed by atoms with Crippen LogP contribution >= 0.6 is 0 Å². The number of hydrogen-bond donors (Lipinski definition) is 0. The number of amidine groups is 1. The van der Waals surface area contributed by atoms with E-state index < -0.39 is 17.6 Å². The standard InChI is InChI=1S/C33H36N2O5/c1-5-7-13-28-34-29(24-11-9-8-10-12-24)31(37)35(28)22-23-14-16-25(17-15-23)30(36)26-18-20-27(21-19-26)40-33(3,4)32(38)39-6-2/h8-12,14-21,29H,5-7,13,22H2,1-4H3. The number of benzene rings is 3. The summed E-state index contributed by atoms with van der Waals surface area (Å²) >= 11 is 0. The zero-order chi connectivity index (χ0) is 28.7. The molecule has 1 atom stereocenters. The molecular formula is C33H36N2O5. The minimum atomic E-state index is -1.14. The Morgan fingerprint density at radius 1 is 0.900 bits per heavy atom. The Labute approximate surface area is 235 Å². The Morgan fingerprint density at radius 2 is 1.52 bits per heavy atom. The summed E-state index contributed by atoms with van der Waals surface area (Å²) in [7, 11) is 0. The molecular weight excluding hydrogens is 504 g/mol. The van der Waals surface area contributed by atoms with Crippen LogP contribution in [0.5, 0.6) is 5.75 Å². The average molecular weight is 541 g/mol. The van der Waals surface area contributed by atoms with Crippen molar-refractivity contribution in [3.05, 3.63) is 101 Å². The van der Waals surface area contributed by atoms with Crippen molar-refractivity contribution in [3.63, 3.8) is 0 Å². The van der Waals surface area contributed by atoms with E-state index in [1.54, 1.807) is 62.1 Å². The van der Waals surface area contributed by atoms with E-state index in [1.807, 2.05) is 42.5 Å². The first-order chi connectivity index (χ1) is 19.2. The van der Waals surface area contributed by atoms with Gasteiger partial charge in [0.25, 0.3) is 5.91 Å². The van der Waals surface area contributed by atoms with Crippen molar-refractivity contribution in [2.45, 2.75) is 65.1 Å². The number of carbonyl (C=O) groups excluding carboxylic acids is 3. The van der Waals surface area contributed by atoms with E-state index in [9.17, 15) is 14.4 Å². The van der Waals surface area contributed by atoms with Crippen LogP contribution in [0.15, 0.2) is 83.9 Å². The molecule has 1 heterocycles. The van der Waals surface area contributed by atoms with Crippen LogP contribution in [0, 0.1) is 0 Å². The molecule has 0 saturated heterocycles. The summed E-state index contributed by atoms with van der Waals surface area (Å²) in [4.78, 5) is 45.1. The Kier molecular flexibility index (Phi) is 9.15. The Hall–Kier alpha value is -4.26. The van der Waals surface area contributed by atoms with Gasteiger partial charge in [-0.15, -0.1) is 0 Å². The van der Waals surface area contributed by atoms with Gasteiger partial charge in [-0.25, -0.2) is 4.79 Å². The molecule has 4 rings (SSSR count). The van der Waals surface area contributed by atoms with Crippen LogP contribution in [0.2, 0.25) is 0 Å². The molecule has 7 nitrogen and oxygen atoms in total. The lowest BCUT2D eigenvalue weighted by atomic mass is 10.0. The maximum Gasteiger partial charge on any atom is 0.349 e. The minimum absolute atomic E-state index is 0.0223. The summed E-state index contributed by atoms with van der Waals surface area (Å²) in [6.07, 6.45) is 2.73. The number of ether oxygens (including phenoxy) is 2. The minimum Gasteiger partial charge on any atom is -0.476 e. The van der Waals surface area contributed by atoms with Gasteiger partial charge in [-0.2, -0.15) is 0 Å². The first kappa shape index (κ1) is 28.7. The van der Waals surface area contributed by atoms with E-state index in [1.165, 1.54) is 0 Å². The van der Waals surface area contributed by atoms with E-state index in [4.69, 9.17) is 14.5 Å². The van der Waals surface area contributed by atoms with Crippen molar-refractivity contribution >= 4 is 23.5 Å². The Morgan fingerprint density at radius 3 is 2.12 bits per heavy atom. The van der Waals surface area contributed by atoms with E-state index in [-0.39, 0.29) is 18.3 Å². The normalized spacial score (nSPS) is 15.1. The fourth-order valence-electron chi connectivity index (χ4n) is 4.53. The highest BCUT2D eigenvalue weighted by molar-refractivity contribution is 6.09. The lowest BCUT2D eigenvalue weighted by molar-refractivity contribution is -0.158. The SMILES string of the molecule is CCCCC1=NC(c2ccccc2)C(=O)N1Cc1ccc(C(=O)c2ccc(OC(C)(C)C(=O)OCC)cc2)cc1. The number of unbranched alkanes of at least 4 members (excludes halogenated alkanes) is 1. The second-order valence-corrected chi connectivity index (χ2v) is 10.3. The second-order valence-electron chi connectivity index (χ2n) is 10.3. The molecule has 0 aliphatic carbocycles. The van der Waals surface area contributed by atoms with Gasteiger partial charge >= 0.3 is 5.97 Å². The van der Waals surface area contributed by atoms with Crippen molar-refractivity contribution in [2.75, 3.05) is 6.61 Å². The predicted octanol–water partition coefficient (Wildman–Crippen LogP) is 6.31. The average Bonchev–Trinajstić information content (AvgIpc) is 3.27. The zero-order valence-corrected chi connectivity index (χ0v) is 23.6. The molecule has 0 spiro atoms. The van der Waals surface area contributed by atoms with Crippen molar-refractivity contribution < 1.29 is 23.9 Å². The van der Waals surface area contributed by atoms with Crippen LogP contribution in [-0.4, -0.2) is 40.6 Å². The highest BCUT2D eigenvalue weighted by atomic mass is 16.6. The molecule has 1 amide bonds. The third kappa shape index (κ3) is 6.65. The molecule has 1 aliphatic heterocycles. The third-order valence-electron chi connectivity index (χ3n) is 6.77. The van der Waals surface area contributed by atoms with Gasteiger partial charge in [-0.3, -0.25) is 19.5 Å². The van der Waals surface area contributed by atoms with Crippen molar-refractivity contribution in [1.82, 2.24) is 4.90 Å². The van der Waals surface area contributed by atoms with Crippen LogP contribution in [-0.2, 0) is 20.9 Å². The lowest BCUT2D eigenvalue weighted by Gasteiger charge is -2.24. The molecule has 0 bridgehead atoms. The number of ketones is 1. The first-order valence-electron chi connectivity index (χ1n) is 13.8. The molecule has 0 N–H and O–H groups in total. The topological polar surface area (TPSA) is 85.3 Å². The third-order valence-corrected chi connectivity index (χ3v) is 6.77. The summed E-state index contributed by atoms with van der Waals surface area (Å²) in [6.45, 7) is 7.82. The van der Waals surface area contributed by atoms with Crippen molar-refractivity contribution in [2.24, 2.45) is 4.99 Å². The molecule has 0 aromatic heterocycles. The molecule has 1 aliphatic rings. The highest BCUT2D eigenvalue weighted by Crippen LogP contribution is 2.29. The van der Waals surface area contributed by atoms with Gasteiger partial charge in [0.2, 0.25) is 0 Å². The van der Waals surface area contributed by atoms with Gasteiger partial charge in [-0.1, -0.05) is 67.9 Å². The molecule has 3 aromatic rings. The largest absolute Gasteiger partial charge is 0.476 e. The van der Waals surface area contributed by atoms with Crippen molar-refractivity contribution in [1.29, 1.82) is 0 Å². The van der Waals surface area contributed by atoms with Gasteiger partial charge in [0.1, 0.15) is 11.6 Å². The number of amides is 1. The van der Waals surface area contributed by atoms with Gasteiger partial charge < -0.3 is 9.47 Å². The van der Waals surface area contributed by atoms with Gasteiger partial charge in [-0.05, 0) is 62.6 Å². The number of nitrogens with zero attached hydrogens (tertiary/aromatic N) is 2.